The van der Waals surface area contributed by atoms with E-state index < -0.39 is 40.6 Å². The van der Waals surface area contributed by atoms with Gasteiger partial charge in [0.1, 0.15) is 5.56 Å². The number of hydrogen-bond acceptors (Lipinski definition) is 2. The number of hydrogen-bond donors (Lipinski definition) is 2. The van der Waals surface area contributed by atoms with Crippen LogP contribution in [0, 0.1) is 29.1 Å². The molecule has 112 valence electrons. The number of carbonyl (C=O) groups excluding carboxylic acids is 1. The molecule has 1 aromatic rings. The van der Waals surface area contributed by atoms with Gasteiger partial charge in [-0.15, -0.1) is 0 Å². The van der Waals surface area contributed by atoms with Crippen molar-refractivity contribution in [2.75, 3.05) is 13.1 Å². The highest BCUT2D eigenvalue weighted by atomic mass is 19.2. The number of unbranched alkanes of at least 4 members (excludes halogenated alkanes) is 2. The first-order valence-corrected chi connectivity index (χ1v) is 5.91. The molecule has 0 spiro atoms. The Morgan fingerprint density at radius 2 is 1.35 bits per heavy atom. The van der Waals surface area contributed by atoms with Crippen molar-refractivity contribution < 1.29 is 26.7 Å². The fourth-order valence-electron chi connectivity index (χ4n) is 1.54. The van der Waals surface area contributed by atoms with Crippen molar-refractivity contribution in [3.63, 3.8) is 0 Å². The van der Waals surface area contributed by atoms with E-state index in [1.54, 1.807) is 0 Å². The lowest BCUT2D eigenvalue weighted by Crippen LogP contribution is -2.28. The van der Waals surface area contributed by atoms with Crippen LogP contribution in [0.15, 0.2) is 0 Å². The Hall–Kier alpha value is -1.70. The average molecular weight is 296 g/mol. The second-order valence-electron chi connectivity index (χ2n) is 4.05. The molecule has 0 unspecified atom stereocenters. The van der Waals surface area contributed by atoms with Crippen LogP contribution in [0.1, 0.15) is 29.6 Å². The van der Waals surface area contributed by atoms with E-state index in [2.05, 4.69) is 5.32 Å². The number of benzene rings is 1. The van der Waals surface area contributed by atoms with Gasteiger partial charge in [0.2, 0.25) is 5.82 Å². The quantitative estimate of drug-likeness (QED) is 0.366. The molecule has 1 rings (SSSR count). The number of nitrogens with two attached hydrogens (primary N) is 1. The zero-order chi connectivity index (χ0) is 15.3. The van der Waals surface area contributed by atoms with Crippen LogP contribution in [0.25, 0.3) is 0 Å². The van der Waals surface area contributed by atoms with Crippen LogP contribution < -0.4 is 11.1 Å². The summed E-state index contributed by atoms with van der Waals surface area (Å²) in [5, 5.41) is 2.10. The van der Waals surface area contributed by atoms with Crippen molar-refractivity contribution in [3.8, 4) is 0 Å². The van der Waals surface area contributed by atoms with Crippen LogP contribution in [0.2, 0.25) is 0 Å². The topological polar surface area (TPSA) is 55.1 Å². The normalized spacial score (nSPS) is 10.7. The maximum absolute atomic E-state index is 13.3. The molecule has 0 saturated carbocycles. The molecule has 0 radical (unpaired) electrons. The molecule has 0 bridgehead atoms. The zero-order valence-electron chi connectivity index (χ0n) is 10.4. The van der Waals surface area contributed by atoms with Crippen LogP contribution in [0.5, 0.6) is 0 Å². The fourth-order valence-corrected chi connectivity index (χ4v) is 1.54. The molecule has 0 atom stereocenters. The highest BCUT2D eigenvalue weighted by Gasteiger charge is 2.29. The second-order valence-corrected chi connectivity index (χ2v) is 4.05. The number of rotatable bonds is 6. The Morgan fingerprint density at radius 3 is 1.85 bits per heavy atom. The van der Waals surface area contributed by atoms with Crippen molar-refractivity contribution in [2.24, 2.45) is 5.73 Å². The molecule has 0 aromatic heterocycles. The summed E-state index contributed by atoms with van der Waals surface area (Å²) >= 11 is 0. The molecule has 0 fully saturated rings. The molecular formula is C12H13F5N2O. The minimum absolute atomic E-state index is 0.0539. The Balaban J connectivity index is 2.83. The summed E-state index contributed by atoms with van der Waals surface area (Å²) in [6.07, 6.45) is 1.87. The van der Waals surface area contributed by atoms with Crippen LogP contribution in [0.3, 0.4) is 0 Å². The van der Waals surface area contributed by atoms with E-state index in [-0.39, 0.29) is 6.54 Å². The van der Waals surface area contributed by atoms with E-state index in [0.717, 1.165) is 0 Å². The van der Waals surface area contributed by atoms with Gasteiger partial charge in [-0.3, -0.25) is 4.79 Å². The van der Waals surface area contributed by atoms with Crippen molar-refractivity contribution in [3.05, 3.63) is 34.6 Å². The SMILES string of the molecule is NCCCCCNC(=O)c1c(F)c(F)c(F)c(F)c1F. The first-order valence-electron chi connectivity index (χ1n) is 5.91. The van der Waals surface area contributed by atoms with Crippen molar-refractivity contribution >= 4 is 5.91 Å². The van der Waals surface area contributed by atoms with Gasteiger partial charge in [0.25, 0.3) is 5.91 Å². The smallest absolute Gasteiger partial charge is 0.257 e. The summed E-state index contributed by atoms with van der Waals surface area (Å²) < 4.78 is 65.1. The van der Waals surface area contributed by atoms with Crippen molar-refractivity contribution in [1.82, 2.24) is 5.32 Å². The summed E-state index contributed by atoms with van der Waals surface area (Å²) in [6.45, 7) is 0.518. The average Bonchev–Trinajstić information content (AvgIpc) is 2.43. The van der Waals surface area contributed by atoms with Gasteiger partial charge in [-0.05, 0) is 19.4 Å². The maximum atomic E-state index is 13.3. The van der Waals surface area contributed by atoms with Gasteiger partial charge in [-0.25, -0.2) is 22.0 Å². The third-order valence-corrected chi connectivity index (χ3v) is 2.60. The molecule has 3 nitrogen and oxygen atoms in total. The predicted molar refractivity (Wildman–Crippen MR) is 61.5 cm³/mol. The lowest BCUT2D eigenvalue weighted by Gasteiger charge is -2.09. The summed E-state index contributed by atoms with van der Waals surface area (Å²) in [5.41, 5.74) is 3.77. The predicted octanol–water partition coefficient (Wildman–Crippen LogP) is 2.24. The summed E-state index contributed by atoms with van der Waals surface area (Å²) in [5.74, 6) is -12.2. The van der Waals surface area contributed by atoms with E-state index in [1.165, 1.54) is 0 Å². The number of nitrogens with one attached hydrogen (secondary N) is 1. The fraction of sp³-hybridized carbons (Fsp3) is 0.417. The van der Waals surface area contributed by atoms with Gasteiger partial charge in [-0.2, -0.15) is 0 Å². The van der Waals surface area contributed by atoms with E-state index in [4.69, 9.17) is 5.73 Å². The standard InChI is InChI=1S/C12H13F5N2O/c13-7-6(8(14)10(16)11(17)9(7)15)12(20)19-5-3-1-2-4-18/h1-5,18H2,(H,19,20). The van der Waals surface area contributed by atoms with E-state index in [9.17, 15) is 26.7 Å². The molecule has 0 saturated heterocycles. The zero-order valence-corrected chi connectivity index (χ0v) is 10.4. The highest BCUT2D eigenvalue weighted by molar-refractivity contribution is 5.94. The van der Waals surface area contributed by atoms with Crippen molar-refractivity contribution in [1.29, 1.82) is 0 Å². The molecule has 1 amide bonds. The minimum atomic E-state index is -2.29. The van der Waals surface area contributed by atoms with Crippen molar-refractivity contribution in [2.45, 2.75) is 19.3 Å². The van der Waals surface area contributed by atoms with Crippen LogP contribution in [0.4, 0.5) is 22.0 Å². The van der Waals surface area contributed by atoms with E-state index >= 15 is 0 Å². The first kappa shape index (κ1) is 16.4. The van der Waals surface area contributed by atoms with Gasteiger partial charge >= 0.3 is 0 Å². The molecule has 0 aliphatic rings. The van der Waals surface area contributed by atoms with Crippen LogP contribution in [-0.2, 0) is 0 Å². The van der Waals surface area contributed by atoms with E-state index in [1.807, 2.05) is 0 Å². The van der Waals surface area contributed by atoms with E-state index in [0.29, 0.717) is 25.8 Å². The largest absolute Gasteiger partial charge is 0.352 e. The summed E-state index contributed by atoms with van der Waals surface area (Å²) in [4.78, 5) is 11.5. The lowest BCUT2D eigenvalue weighted by molar-refractivity contribution is 0.0941. The molecule has 1 aromatic carbocycles. The molecular weight excluding hydrogens is 283 g/mol. The summed E-state index contributed by atoms with van der Waals surface area (Å²) in [6, 6.07) is 0. The van der Waals surface area contributed by atoms with Crippen LogP contribution >= 0.6 is 0 Å². The van der Waals surface area contributed by atoms with Gasteiger partial charge in [-0.1, -0.05) is 6.42 Å². The highest BCUT2D eigenvalue weighted by Crippen LogP contribution is 2.22. The Labute approximate surface area is 112 Å². The van der Waals surface area contributed by atoms with Gasteiger partial charge in [0, 0.05) is 6.54 Å². The minimum Gasteiger partial charge on any atom is -0.352 e. The van der Waals surface area contributed by atoms with Gasteiger partial charge in [0.15, 0.2) is 23.3 Å². The number of amides is 1. The molecule has 3 N–H and O–H groups in total. The number of carbonyl (C=O) groups is 1. The Morgan fingerprint density at radius 1 is 0.850 bits per heavy atom. The monoisotopic (exact) mass is 296 g/mol. The Kier molecular flexibility index (Phi) is 5.87. The lowest BCUT2D eigenvalue weighted by atomic mass is 10.1. The first-order chi connectivity index (χ1) is 9.41. The maximum Gasteiger partial charge on any atom is 0.257 e. The molecule has 0 heterocycles. The third kappa shape index (κ3) is 3.44. The number of halogens is 5. The molecule has 0 aliphatic carbocycles. The Bertz CT molecular complexity index is 478. The van der Waals surface area contributed by atoms with Gasteiger partial charge in [0.05, 0.1) is 0 Å². The molecule has 8 heteroatoms. The second kappa shape index (κ2) is 7.18. The van der Waals surface area contributed by atoms with Crippen LogP contribution in [-0.4, -0.2) is 19.0 Å². The summed E-state index contributed by atoms with van der Waals surface area (Å²) in [7, 11) is 0. The van der Waals surface area contributed by atoms with Gasteiger partial charge < -0.3 is 11.1 Å². The molecule has 0 aliphatic heterocycles. The third-order valence-electron chi connectivity index (χ3n) is 2.60. The molecule has 20 heavy (non-hydrogen) atoms.